The van der Waals surface area contributed by atoms with E-state index in [4.69, 9.17) is 26.2 Å². The Kier molecular flexibility index (Phi) is 11.3. The van der Waals surface area contributed by atoms with Crippen molar-refractivity contribution in [2.75, 3.05) is 26.1 Å². The number of hydrogen-bond donors (Lipinski definition) is 0. The van der Waals surface area contributed by atoms with Gasteiger partial charge in [-0.25, -0.2) is 8.42 Å². The third-order valence-electron chi connectivity index (χ3n) is 2.93. The fourth-order valence-corrected chi connectivity index (χ4v) is 5.35. The minimum atomic E-state index is -3.92. The van der Waals surface area contributed by atoms with Crippen molar-refractivity contribution in [3.63, 3.8) is 0 Å². The molecule has 0 aliphatic heterocycles. The van der Waals surface area contributed by atoms with Crippen LogP contribution < -0.4 is 4.57 Å². The molecule has 24 heavy (non-hydrogen) atoms. The Morgan fingerprint density at radius 2 is 1.33 bits per heavy atom. The topological polar surface area (TPSA) is 88.8 Å². The van der Waals surface area contributed by atoms with Gasteiger partial charge in [-0.2, -0.15) is 4.57 Å². The zero-order valence-electron chi connectivity index (χ0n) is 15.1. The molecule has 0 amide bonds. The minimum Gasteiger partial charge on any atom is -0.748 e. The van der Waals surface area contributed by atoms with Crippen molar-refractivity contribution in [3.05, 3.63) is 30.6 Å². The van der Waals surface area contributed by atoms with E-state index in [1.54, 1.807) is 0 Å². The first-order chi connectivity index (χ1) is 11.2. The van der Waals surface area contributed by atoms with E-state index >= 15 is 0 Å². The molecule has 0 radical (unpaired) electrons. The van der Waals surface area contributed by atoms with Crippen LogP contribution in [0.15, 0.2) is 30.6 Å². The van der Waals surface area contributed by atoms with Crippen LogP contribution in [0.5, 0.6) is 0 Å². The molecule has 1 atom stereocenters. The molecule has 1 aromatic rings. The summed E-state index contributed by atoms with van der Waals surface area (Å²) in [5.41, 5.74) is 0.119. The highest BCUT2D eigenvalue weighted by Crippen LogP contribution is 2.24. The maximum absolute atomic E-state index is 9.08. The number of pyridine rings is 1. The number of hydrogen-bond acceptors (Lipinski definition) is 6. The van der Waals surface area contributed by atoms with E-state index in [2.05, 4.69) is 11.5 Å². The lowest BCUT2D eigenvalue weighted by atomic mass is 10.4. The lowest BCUT2D eigenvalue weighted by molar-refractivity contribution is -0.710. The molecule has 0 aromatic carbocycles. The van der Waals surface area contributed by atoms with Crippen LogP contribution in [-0.4, -0.2) is 47.9 Å². The van der Waals surface area contributed by atoms with E-state index in [9.17, 15) is 0 Å². The molecule has 0 aliphatic rings. The van der Waals surface area contributed by atoms with Gasteiger partial charge in [0.15, 0.2) is 12.4 Å². The highest BCUT2D eigenvalue weighted by molar-refractivity contribution is 7.84. The molecule has 1 unspecified atom stereocenters. The summed E-state index contributed by atoms with van der Waals surface area (Å²) in [5.74, 6) is 0. The molecular weight excluding hydrogens is 350 g/mol. The lowest BCUT2D eigenvalue weighted by Gasteiger charge is -2.31. The molecule has 1 rings (SSSR count). The van der Waals surface area contributed by atoms with Crippen molar-refractivity contribution in [1.82, 2.24) is 0 Å². The molecule has 1 aromatic heterocycles. The zero-order valence-corrected chi connectivity index (χ0v) is 16.9. The number of rotatable bonds is 9. The second kappa shape index (κ2) is 11.7. The summed E-state index contributed by atoms with van der Waals surface area (Å²) in [6, 6.07) is 6.05. The molecule has 0 saturated carbocycles. The smallest absolute Gasteiger partial charge is 0.573 e. The molecule has 0 N–H and O–H groups in total. The highest BCUT2D eigenvalue weighted by Gasteiger charge is 2.54. The molecular formula is C15H29NO6SSi. The van der Waals surface area contributed by atoms with Gasteiger partial charge in [-0.15, -0.1) is 0 Å². The first-order valence-corrected chi connectivity index (χ1v) is 11.6. The summed E-state index contributed by atoms with van der Waals surface area (Å²) < 4.78 is 47.3. The van der Waals surface area contributed by atoms with Gasteiger partial charge in [0, 0.05) is 44.6 Å². The highest BCUT2D eigenvalue weighted by atomic mass is 32.2. The predicted molar refractivity (Wildman–Crippen MR) is 92.2 cm³/mol. The SMILES string of the molecule is CCO[Si](OCC)(OCC)C(CC)[n+]1ccccc1.CS(=O)(=O)[O-]. The van der Waals surface area contributed by atoms with E-state index in [1.165, 1.54) is 0 Å². The second-order valence-corrected chi connectivity index (χ2v) is 9.00. The fourth-order valence-electron chi connectivity index (χ4n) is 2.28. The zero-order chi connectivity index (χ0) is 18.6. The van der Waals surface area contributed by atoms with E-state index in [1.807, 2.05) is 51.4 Å². The van der Waals surface area contributed by atoms with Gasteiger partial charge in [0.05, 0.1) is 10.1 Å². The molecule has 0 bridgehead atoms. The fraction of sp³-hybridized carbons (Fsp3) is 0.667. The van der Waals surface area contributed by atoms with Crippen molar-refractivity contribution in [3.8, 4) is 0 Å². The summed E-state index contributed by atoms with van der Waals surface area (Å²) in [5, 5.41) is 0. The second-order valence-electron chi connectivity index (χ2n) is 4.85. The summed E-state index contributed by atoms with van der Waals surface area (Å²) in [7, 11) is -6.62. The summed E-state index contributed by atoms with van der Waals surface area (Å²) in [6.45, 7) is 9.93. The van der Waals surface area contributed by atoms with Crippen molar-refractivity contribution in [1.29, 1.82) is 0 Å². The van der Waals surface area contributed by atoms with Gasteiger partial charge >= 0.3 is 8.80 Å². The summed E-state index contributed by atoms with van der Waals surface area (Å²) in [4.78, 5) is 0. The molecule has 0 spiro atoms. The van der Waals surface area contributed by atoms with Crippen LogP contribution in [0.4, 0.5) is 0 Å². The quantitative estimate of drug-likeness (QED) is 0.368. The Morgan fingerprint density at radius 1 is 0.958 bits per heavy atom. The first kappa shape index (κ1) is 23.2. The van der Waals surface area contributed by atoms with Crippen LogP contribution >= 0.6 is 0 Å². The van der Waals surface area contributed by atoms with Crippen LogP contribution in [0.3, 0.4) is 0 Å². The van der Waals surface area contributed by atoms with Crippen LogP contribution in [0.25, 0.3) is 0 Å². The lowest BCUT2D eigenvalue weighted by Crippen LogP contribution is -2.62. The van der Waals surface area contributed by atoms with E-state index < -0.39 is 18.9 Å². The normalized spacial score (nSPS) is 13.1. The van der Waals surface area contributed by atoms with Gasteiger partial charge in [0.2, 0.25) is 5.67 Å². The van der Waals surface area contributed by atoms with E-state index in [0.717, 1.165) is 6.42 Å². The van der Waals surface area contributed by atoms with E-state index in [0.29, 0.717) is 26.1 Å². The monoisotopic (exact) mass is 379 g/mol. The van der Waals surface area contributed by atoms with E-state index in [-0.39, 0.29) is 5.67 Å². The molecule has 1 heterocycles. The third-order valence-corrected chi connectivity index (χ3v) is 6.53. The average Bonchev–Trinajstić information content (AvgIpc) is 2.48. The van der Waals surface area contributed by atoms with Crippen LogP contribution in [0.1, 0.15) is 39.8 Å². The van der Waals surface area contributed by atoms with Crippen molar-refractivity contribution < 1.29 is 30.8 Å². The first-order valence-electron chi connectivity index (χ1n) is 8.02. The Hall–Kier alpha value is -0.843. The van der Waals surface area contributed by atoms with Crippen molar-refractivity contribution in [2.45, 2.75) is 39.8 Å². The van der Waals surface area contributed by atoms with Gasteiger partial charge in [-0.05, 0) is 20.8 Å². The Labute approximate surface area is 146 Å². The van der Waals surface area contributed by atoms with Gasteiger partial charge in [0.25, 0.3) is 0 Å². The van der Waals surface area contributed by atoms with Gasteiger partial charge in [0.1, 0.15) is 0 Å². The van der Waals surface area contributed by atoms with Gasteiger partial charge in [-0.3, -0.25) is 0 Å². The van der Waals surface area contributed by atoms with Crippen LogP contribution in [-0.2, 0) is 23.4 Å². The Morgan fingerprint density at radius 3 is 1.62 bits per heavy atom. The molecule has 0 aliphatic carbocycles. The summed E-state index contributed by atoms with van der Waals surface area (Å²) in [6.07, 6.45) is 5.62. The molecule has 7 nitrogen and oxygen atoms in total. The van der Waals surface area contributed by atoms with Crippen LogP contribution in [0.2, 0.25) is 0 Å². The molecule has 9 heteroatoms. The predicted octanol–water partition coefficient (Wildman–Crippen LogP) is 1.67. The largest absolute Gasteiger partial charge is 0.748 e. The van der Waals surface area contributed by atoms with Crippen molar-refractivity contribution >= 4 is 18.9 Å². The number of aromatic nitrogens is 1. The van der Waals surface area contributed by atoms with Gasteiger partial charge < -0.3 is 17.8 Å². The Bertz CT molecular complexity index is 515. The summed E-state index contributed by atoms with van der Waals surface area (Å²) >= 11 is 0. The molecule has 140 valence electrons. The van der Waals surface area contributed by atoms with Gasteiger partial charge in [-0.1, -0.05) is 13.0 Å². The molecule has 0 fully saturated rings. The number of nitrogens with zero attached hydrogens (tertiary/aromatic N) is 1. The third kappa shape index (κ3) is 8.86. The molecule has 0 saturated heterocycles. The maximum atomic E-state index is 9.08. The average molecular weight is 380 g/mol. The maximum Gasteiger partial charge on any atom is 0.573 e. The van der Waals surface area contributed by atoms with Crippen molar-refractivity contribution in [2.24, 2.45) is 0 Å². The standard InChI is InChI=1S/C14H26NO3Si.CH4O3S/c1-5-14(15-12-10-9-11-13-15)19(16-6-2,17-7-3)18-8-4;1-5(2,3)4/h9-14H,5-8H2,1-4H3;1H3,(H,2,3,4)/q+1;/p-1. The minimum absolute atomic E-state index is 0.119. The van der Waals surface area contributed by atoms with Crippen LogP contribution in [0, 0.1) is 0 Å². The Balaban J connectivity index is 0.000000922.